The van der Waals surface area contributed by atoms with Crippen LogP contribution in [0.4, 0.5) is 4.39 Å². The highest BCUT2D eigenvalue weighted by Gasteiger charge is 2.58. The summed E-state index contributed by atoms with van der Waals surface area (Å²) in [6, 6.07) is 12.0. The van der Waals surface area contributed by atoms with Gasteiger partial charge in [-0.25, -0.2) is 14.4 Å². The van der Waals surface area contributed by atoms with Crippen molar-refractivity contribution >= 4 is 5.96 Å². The number of aliphatic imine (C=N–C) groups is 1. The highest BCUT2D eigenvalue weighted by Crippen LogP contribution is 2.56. The molecule has 0 radical (unpaired) electrons. The van der Waals surface area contributed by atoms with E-state index in [4.69, 9.17) is 9.73 Å². The zero-order chi connectivity index (χ0) is 21.8. The molecule has 32 heavy (non-hydrogen) atoms. The fourth-order valence-electron chi connectivity index (χ4n) is 5.15. The summed E-state index contributed by atoms with van der Waals surface area (Å²) < 4.78 is 22.1. The van der Waals surface area contributed by atoms with E-state index in [0.717, 1.165) is 22.7 Å². The number of benzene rings is 1. The minimum Gasteiger partial charge on any atom is -0.493 e. The molecule has 4 aliphatic rings. The Morgan fingerprint density at radius 1 is 1.25 bits per heavy atom. The van der Waals surface area contributed by atoms with Crippen LogP contribution in [0, 0.1) is 22.7 Å². The smallest absolute Gasteiger partial charge is 0.204 e. The molecular formula is C24H19FN6O. The number of halogens is 1. The molecule has 2 aliphatic heterocycles. The van der Waals surface area contributed by atoms with Crippen molar-refractivity contribution in [1.82, 2.24) is 14.9 Å². The first-order chi connectivity index (χ1) is 15.7. The second-order valence-electron chi connectivity index (χ2n) is 8.40. The van der Waals surface area contributed by atoms with Crippen molar-refractivity contribution in [2.75, 3.05) is 13.2 Å². The summed E-state index contributed by atoms with van der Waals surface area (Å²) >= 11 is 0. The molecule has 2 fully saturated rings. The van der Waals surface area contributed by atoms with Crippen LogP contribution in [-0.2, 0) is 4.74 Å². The van der Waals surface area contributed by atoms with Gasteiger partial charge in [-0.15, -0.1) is 0 Å². The van der Waals surface area contributed by atoms with Crippen LogP contribution in [0.2, 0.25) is 0 Å². The fraction of sp³-hybridized carbons (Fsp3) is 0.333. The van der Waals surface area contributed by atoms with Crippen molar-refractivity contribution in [2.45, 2.75) is 36.9 Å². The number of hydrogen-bond acceptors (Lipinski definition) is 5. The zero-order valence-corrected chi connectivity index (χ0v) is 17.1. The molecule has 1 aromatic heterocycles. The second kappa shape index (κ2) is 7.06. The van der Waals surface area contributed by atoms with Crippen LogP contribution in [0.3, 0.4) is 0 Å². The van der Waals surface area contributed by atoms with Crippen LogP contribution in [-0.4, -0.2) is 40.9 Å². The summed E-state index contributed by atoms with van der Waals surface area (Å²) in [6.07, 6.45) is 3.43. The molecule has 158 valence electrons. The van der Waals surface area contributed by atoms with Gasteiger partial charge in [0, 0.05) is 36.3 Å². The summed E-state index contributed by atoms with van der Waals surface area (Å²) in [5.41, 5.74) is 3.51. The van der Waals surface area contributed by atoms with Gasteiger partial charge >= 0.3 is 0 Å². The number of allylic oxidation sites excluding steroid dienone is 2. The molecule has 2 aliphatic carbocycles. The number of nitrogens with one attached hydrogen (secondary N) is 1. The Morgan fingerprint density at radius 2 is 2.12 bits per heavy atom. The first kappa shape index (κ1) is 18.8. The number of fused-ring (bicyclic) bond motifs is 4. The summed E-state index contributed by atoms with van der Waals surface area (Å²) in [5.74, 6) is 2.21. The molecular weight excluding hydrogens is 407 g/mol. The number of nitriles is 2. The average Bonchev–Trinajstić information content (AvgIpc) is 3.15. The third-order valence-electron chi connectivity index (χ3n) is 6.71. The predicted molar refractivity (Wildman–Crippen MR) is 113 cm³/mol. The Morgan fingerprint density at radius 3 is 2.97 bits per heavy atom. The van der Waals surface area contributed by atoms with Gasteiger partial charge in [-0.2, -0.15) is 10.5 Å². The minimum absolute atomic E-state index is 0.0279. The third kappa shape index (κ3) is 2.76. The van der Waals surface area contributed by atoms with E-state index in [1.54, 1.807) is 10.8 Å². The minimum atomic E-state index is -1.07. The van der Waals surface area contributed by atoms with Gasteiger partial charge in [0.15, 0.2) is 5.69 Å². The Bertz CT molecular complexity index is 1310. The number of aromatic nitrogens is 2. The Hall–Kier alpha value is -3.91. The van der Waals surface area contributed by atoms with Crippen LogP contribution < -0.4 is 5.32 Å². The van der Waals surface area contributed by atoms with E-state index in [0.29, 0.717) is 42.2 Å². The summed E-state index contributed by atoms with van der Waals surface area (Å²) in [6.45, 7) is 0.795. The van der Waals surface area contributed by atoms with Crippen molar-refractivity contribution in [3.05, 3.63) is 76.1 Å². The molecule has 6 rings (SSSR count). The first-order valence-corrected chi connectivity index (χ1v) is 10.7. The maximum absolute atomic E-state index is 14.7. The zero-order valence-electron chi connectivity index (χ0n) is 17.1. The molecule has 7 nitrogen and oxygen atoms in total. The topological polar surface area (TPSA) is 99.0 Å². The van der Waals surface area contributed by atoms with Gasteiger partial charge in [-0.3, -0.25) is 4.57 Å². The molecule has 1 saturated carbocycles. The average molecular weight is 426 g/mol. The van der Waals surface area contributed by atoms with Gasteiger partial charge in [0.2, 0.25) is 5.96 Å². The van der Waals surface area contributed by atoms with Gasteiger partial charge in [-0.05, 0) is 23.3 Å². The largest absolute Gasteiger partial charge is 0.493 e. The van der Waals surface area contributed by atoms with Crippen LogP contribution in [0.15, 0.2) is 58.4 Å². The van der Waals surface area contributed by atoms with Crippen molar-refractivity contribution in [3.63, 3.8) is 0 Å². The lowest BCUT2D eigenvalue weighted by atomic mass is 9.94. The third-order valence-corrected chi connectivity index (χ3v) is 6.71. The highest BCUT2D eigenvalue weighted by molar-refractivity contribution is 5.86. The van der Waals surface area contributed by atoms with E-state index in [9.17, 15) is 14.9 Å². The fourth-order valence-corrected chi connectivity index (χ4v) is 5.15. The van der Waals surface area contributed by atoms with Gasteiger partial charge < -0.3 is 10.1 Å². The number of imidazole rings is 1. The van der Waals surface area contributed by atoms with E-state index < -0.39 is 6.17 Å². The van der Waals surface area contributed by atoms with Crippen molar-refractivity contribution in [1.29, 1.82) is 10.5 Å². The van der Waals surface area contributed by atoms with Crippen molar-refractivity contribution < 1.29 is 9.13 Å². The molecule has 0 spiro atoms. The molecule has 4 atom stereocenters. The molecule has 0 amide bonds. The number of nitrogens with zero attached hydrogens (tertiary/aromatic N) is 5. The van der Waals surface area contributed by atoms with Gasteiger partial charge in [0.05, 0.1) is 31.0 Å². The number of rotatable bonds is 3. The Balaban J connectivity index is 1.36. The van der Waals surface area contributed by atoms with Gasteiger partial charge in [0.1, 0.15) is 23.8 Å². The van der Waals surface area contributed by atoms with Gasteiger partial charge in [0.25, 0.3) is 0 Å². The lowest BCUT2D eigenvalue weighted by Gasteiger charge is -2.21. The van der Waals surface area contributed by atoms with Crippen molar-refractivity contribution in [2.24, 2.45) is 4.99 Å². The highest BCUT2D eigenvalue weighted by atomic mass is 19.1. The lowest BCUT2D eigenvalue weighted by Crippen LogP contribution is -2.38. The Labute approximate surface area is 184 Å². The molecule has 8 heteroatoms. The Kier molecular flexibility index (Phi) is 4.16. The molecule has 1 aromatic carbocycles. The molecule has 4 unspecified atom stereocenters. The normalized spacial score (nSPS) is 28.5. The maximum Gasteiger partial charge on any atom is 0.204 e. The molecule has 3 heterocycles. The van der Waals surface area contributed by atoms with E-state index in [2.05, 4.69) is 22.4 Å². The quantitative estimate of drug-likeness (QED) is 0.813. The second-order valence-corrected chi connectivity index (χ2v) is 8.40. The van der Waals surface area contributed by atoms with E-state index >= 15 is 0 Å². The van der Waals surface area contributed by atoms with Crippen LogP contribution in [0.1, 0.15) is 47.3 Å². The first-order valence-electron chi connectivity index (χ1n) is 10.7. The SMILES string of the molecule is N#Cc1cn2c(n1)C1C(NC2=NCC2=C3CCOC3=CCC2F)C1c1ccccc1C#N. The molecule has 2 aromatic rings. The van der Waals surface area contributed by atoms with Gasteiger partial charge in [-0.1, -0.05) is 18.2 Å². The lowest BCUT2D eigenvalue weighted by molar-refractivity contribution is 0.260. The van der Waals surface area contributed by atoms with Crippen LogP contribution >= 0.6 is 0 Å². The van der Waals surface area contributed by atoms with E-state index in [-0.39, 0.29) is 24.4 Å². The monoisotopic (exact) mass is 426 g/mol. The number of hydrogen-bond donors (Lipinski definition) is 1. The van der Waals surface area contributed by atoms with E-state index in [1.807, 2.05) is 30.3 Å². The standard InChI is InChI=1S/C24H19FN6O/c25-18-5-6-19-16(7-8-32-19)17(18)11-28-24-30-22-20(15-4-2-1-3-13(15)9-26)21(22)23-29-14(10-27)12-31(23)24/h1-4,6,12,18,20-22H,5,7-8,11H2,(H,28,30). The predicted octanol–water partition coefficient (Wildman–Crippen LogP) is 3.03. The van der Waals surface area contributed by atoms with Crippen molar-refractivity contribution in [3.8, 4) is 12.1 Å². The number of ether oxygens (including phenoxy) is 1. The van der Waals surface area contributed by atoms with Crippen LogP contribution in [0.5, 0.6) is 0 Å². The number of alkyl halides is 1. The molecule has 1 saturated heterocycles. The summed E-state index contributed by atoms with van der Waals surface area (Å²) in [7, 11) is 0. The molecule has 1 N–H and O–H groups in total. The van der Waals surface area contributed by atoms with Crippen LogP contribution in [0.25, 0.3) is 0 Å². The maximum atomic E-state index is 14.7. The molecule has 0 bridgehead atoms. The summed E-state index contributed by atoms with van der Waals surface area (Å²) in [4.78, 5) is 9.25. The summed E-state index contributed by atoms with van der Waals surface area (Å²) in [5, 5.41) is 22.4. The van der Waals surface area contributed by atoms with E-state index in [1.165, 1.54) is 0 Å².